The van der Waals surface area contributed by atoms with Crippen LogP contribution in [0.2, 0.25) is 0 Å². The first-order valence-corrected chi connectivity index (χ1v) is 6.72. The molecule has 0 nitrogen and oxygen atoms in total. The normalized spacial score (nSPS) is 17.7. The molecular formula is C17H24. The highest BCUT2D eigenvalue weighted by Crippen LogP contribution is 2.21. The van der Waals surface area contributed by atoms with Crippen LogP contribution in [0, 0.1) is 0 Å². The molecule has 0 heteroatoms. The smallest absolute Gasteiger partial charge is 0.0227 e. The molecule has 1 aliphatic rings. The largest absolute Gasteiger partial charge is 0.0845 e. The van der Waals surface area contributed by atoms with E-state index < -0.39 is 0 Å². The van der Waals surface area contributed by atoms with Crippen LogP contribution in [0.4, 0.5) is 0 Å². The fraction of sp³-hybridized carbons (Fsp3) is 0.412. The molecule has 0 amide bonds. The van der Waals surface area contributed by atoms with Crippen LogP contribution in [0.3, 0.4) is 0 Å². The van der Waals surface area contributed by atoms with E-state index in [4.69, 9.17) is 0 Å². The molecule has 0 atom stereocenters. The molecule has 1 aliphatic carbocycles. The zero-order chi connectivity index (χ0) is 12.5. The summed E-state index contributed by atoms with van der Waals surface area (Å²) in [4.78, 5) is 0. The lowest BCUT2D eigenvalue weighted by Crippen LogP contribution is -1.89. The summed E-state index contributed by atoms with van der Waals surface area (Å²) in [7, 11) is 0. The third-order valence-electron chi connectivity index (χ3n) is 2.96. The number of hydrogen-bond acceptors (Lipinski definition) is 0. The van der Waals surface area contributed by atoms with Crippen molar-refractivity contribution in [1.29, 1.82) is 0 Å². The Bertz CT molecular complexity index is 373. The standard InChI is InChI=1S/C17H24/c1-4-7-11-15(5-2)14-16(6-3)17-12-9-8-10-13-17/h6-7,9,11-14H,4-5,8,10H2,1-3H3/b11-7+,15-14-,16-6+. The van der Waals surface area contributed by atoms with E-state index in [1.807, 2.05) is 0 Å². The maximum absolute atomic E-state index is 2.34. The number of allylic oxidation sites excluding steroid dienone is 10. The van der Waals surface area contributed by atoms with Crippen molar-refractivity contribution in [2.75, 3.05) is 0 Å². The Labute approximate surface area is 106 Å². The highest BCUT2D eigenvalue weighted by molar-refractivity contribution is 5.49. The van der Waals surface area contributed by atoms with Gasteiger partial charge in [-0.05, 0) is 49.3 Å². The molecule has 0 fully saturated rings. The van der Waals surface area contributed by atoms with Crippen molar-refractivity contribution in [2.45, 2.75) is 46.5 Å². The summed E-state index contributed by atoms with van der Waals surface area (Å²) < 4.78 is 0. The van der Waals surface area contributed by atoms with Crippen molar-refractivity contribution in [3.8, 4) is 0 Å². The molecule has 0 unspecified atom stereocenters. The second-order valence-corrected chi connectivity index (χ2v) is 4.27. The second kappa shape index (κ2) is 7.89. The lowest BCUT2D eigenvalue weighted by molar-refractivity contribution is 1.02. The van der Waals surface area contributed by atoms with Gasteiger partial charge in [-0.2, -0.15) is 0 Å². The van der Waals surface area contributed by atoms with Crippen molar-refractivity contribution in [2.24, 2.45) is 0 Å². The van der Waals surface area contributed by atoms with E-state index in [0.717, 1.165) is 12.8 Å². The Kier molecular flexibility index (Phi) is 6.39. The Hall–Kier alpha value is -1.30. The first-order valence-electron chi connectivity index (χ1n) is 6.72. The highest BCUT2D eigenvalue weighted by Gasteiger charge is 2.01. The first-order chi connectivity index (χ1) is 8.31. The van der Waals surface area contributed by atoms with Gasteiger partial charge >= 0.3 is 0 Å². The molecule has 0 aromatic carbocycles. The Balaban J connectivity index is 2.87. The molecule has 0 aromatic heterocycles. The van der Waals surface area contributed by atoms with E-state index in [0.29, 0.717) is 0 Å². The third kappa shape index (κ3) is 4.60. The summed E-state index contributed by atoms with van der Waals surface area (Å²) in [5, 5.41) is 0. The summed E-state index contributed by atoms with van der Waals surface area (Å²) in [6, 6.07) is 0. The van der Waals surface area contributed by atoms with E-state index in [-0.39, 0.29) is 0 Å². The van der Waals surface area contributed by atoms with Gasteiger partial charge in [0.05, 0.1) is 0 Å². The maximum atomic E-state index is 2.34. The zero-order valence-corrected chi connectivity index (χ0v) is 11.4. The van der Waals surface area contributed by atoms with Crippen LogP contribution in [0.15, 0.2) is 59.3 Å². The Morgan fingerprint density at radius 2 is 2.12 bits per heavy atom. The summed E-state index contributed by atoms with van der Waals surface area (Å²) in [6.07, 6.45) is 20.4. The molecule has 0 bridgehead atoms. The van der Waals surface area contributed by atoms with E-state index in [2.05, 4.69) is 63.3 Å². The SMILES string of the molecule is C\C=C(/C=C(\C=C\CC)CC)C1=CCCC=C1. The van der Waals surface area contributed by atoms with Crippen LogP contribution >= 0.6 is 0 Å². The van der Waals surface area contributed by atoms with E-state index in [9.17, 15) is 0 Å². The van der Waals surface area contributed by atoms with Crippen LogP contribution in [-0.2, 0) is 0 Å². The van der Waals surface area contributed by atoms with Crippen molar-refractivity contribution < 1.29 is 0 Å². The molecular weight excluding hydrogens is 204 g/mol. The van der Waals surface area contributed by atoms with E-state index >= 15 is 0 Å². The van der Waals surface area contributed by atoms with Gasteiger partial charge in [0.1, 0.15) is 0 Å². The van der Waals surface area contributed by atoms with Crippen molar-refractivity contribution >= 4 is 0 Å². The second-order valence-electron chi connectivity index (χ2n) is 4.27. The van der Waals surface area contributed by atoms with Gasteiger partial charge in [0.25, 0.3) is 0 Å². The first kappa shape index (κ1) is 13.8. The van der Waals surface area contributed by atoms with Crippen LogP contribution in [-0.4, -0.2) is 0 Å². The van der Waals surface area contributed by atoms with E-state index in [1.54, 1.807) is 0 Å². The minimum absolute atomic E-state index is 1.09. The average Bonchev–Trinajstić information content (AvgIpc) is 2.40. The molecule has 0 heterocycles. The molecule has 0 aromatic rings. The van der Waals surface area contributed by atoms with Crippen molar-refractivity contribution in [3.05, 3.63) is 59.3 Å². The third-order valence-corrected chi connectivity index (χ3v) is 2.96. The number of hydrogen-bond donors (Lipinski definition) is 0. The summed E-state index contributed by atoms with van der Waals surface area (Å²) in [6.45, 7) is 6.50. The van der Waals surface area contributed by atoms with E-state index in [1.165, 1.54) is 29.6 Å². The van der Waals surface area contributed by atoms with Gasteiger partial charge in [-0.25, -0.2) is 0 Å². The Morgan fingerprint density at radius 3 is 2.65 bits per heavy atom. The lowest BCUT2D eigenvalue weighted by Gasteiger charge is -2.09. The minimum Gasteiger partial charge on any atom is -0.0845 e. The fourth-order valence-corrected chi connectivity index (χ4v) is 1.90. The fourth-order valence-electron chi connectivity index (χ4n) is 1.90. The van der Waals surface area contributed by atoms with Crippen LogP contribution in [0.25, 0.3) is 0 Å². The molecule has 0 saturated heterocycles. The Morgan fingerprint density at radius 1 is 1.29 bits per heavy atom. The predicted octanol–water partition coefficient (Wildman–Crippen LogP) is 5.51. The zero-order valence-electron chi connectivity index (χ0n) is 11.4. The van der Waals surface area contributed by atoms with Crippen LogP contribution in [0.1, 0.15) is 46.5 Å². The molecule has 17 heavy (non-hydrogen) atoms. The molecule has 0 spiro atoms. The quantitative estimate of drug-likeness (QED) is 0.544. The highest BCUT2D eigenvalue weighted by atomic mass is 14.1. The van der Waals surface area contributed by atoms with Crippen molar-refractivity contribution in [1.82, 2.24) is 0 Å². The monoisotopic (exact) mass is 228 g/mol. The van der Waals surface area contributed by atoms with Gasteiger partial charge in [0, 0.05) is 0 Å². The van der Waals surface area contributed by atoms with Gasteiger partial charge in [-0.15, -0.1) is 0 Å². The molecule has 0 saturated carbocycles. The van der Waals surface area contributed by atoms with Crippen molar-refractivity contribution in [3.63, 3.8) is 0 Å². The molecule has 0 aliphatic heterocycles. The topological polar surface area (TPSA) is 0 Å². The van der Waals surface area contributed by atoms with Crippen LogP contribution in [0.5, 0.6) is 0 Å². The van der Waals surface area contributed by atoms with Gasteiger partial charge in [0.2, 0.25) is 0 Å². The van der Waals surface area contributed by atoms with Gasteiger partial charge < -0.3 is 0 Å². The maximum Gasteiger partial charge on any atom is -0.0227 e. The number of rotatable bonds is 5. The molecule has 92 valence electrons. The predicted molar refractivity (Wildman–Crippen MR) is 78.0 cm³/mol. The summed E-state index contributed by atoms with van der Waals surface area (Å²) >= 11 is 0. The molecule has 0 radical (unpaired) electrons. The van der Waals surface area contributed by atoms with Gasteiger partial charge in [-0.3, -0.25) is 0 Å². The summed E-state index contributed by atoms with van der Waals surface area (Å²) in [5.41, 5.74) is 4.12. The van der Waals surface area contributed by atoms with Crippen LogP contribution < -0.4 is 0 Å². The van der Waals surface area contributed by atoms with Gasteiger partial charge in [0.15, 0.2) is 0 Å². The minimum atomic E-state index is 1.09. The summed E-state index contributed by atoms with van der Waals surface area (Å²) in [5.74, 6) is 0. The molecule has 0 N–H and O–H groups in total. The molecule has 1 rings (SSSR count). The lowest BCUT2D eigenvalue weighted by atomic mass is 9.96. The van der Waals surface area contributed by atoms with Gasteiger partial charge in [-0.1, -0.05) is 56.4 Å². The average molecular weight is 228 g/mol.